The zero-order chi connectivity index (χ0) is 24.5. The summed E-state index contributed by atoms with van der Waals surface area (Å²) in [6.45, 7) is 11.9. The molecule has 0 aliphatic carbocycles. The number of rotatable bonds is 6. The Kier molecular flexibility index (Phi) is 7.20. The molecule has 0 unspecified atom stereocenters. The molecular formula is C26H29ClN2O3S. The lowest BCUT2D eigenvalue weighted by Gasteiger charge is -2.19. The van der Waals surface area contributed by atoms with Gasteiger partial charge in [0.1, 0.15) is 4.90 Å². The monoisotopic (exact) mass is 484 g/mol. The number of carbonyl (C=O) groups excluding carboxylic acids is 1. The fourth-order valence-corrected chi connectivity index (χ4v) is 5.25. The van der Waals surface area contributed by atoms with Crippen LogP contribution < -0.4 is 10.0 Å². The van der Waals surface area contributed by atoms with Gasteiger partial charge in [-0.3, -0.25) is 9.52 Å². The Labute approximate surface area is 201 Å². The van der Waals surface area contributed by atoms with Gasteiger partial charge in [0.2, 0.25) is 0 Å². The van der Waals surface area contributed by atoms with Crippen LogP contribution in [-0.4, -0.2) is 14.3 Å². The molecule has 0 saturated carbocycles. The van der Waals surface area contributed by atoms with Crippen LogP contribution in [0, 0.1) is 34.6 Å². The van der Waals surface area contributed by atoms with E-state index in [9.17, 15) is 13.2 Å². The number of benzene rings is 3. The van der Waals surface area contributed by atoms with Crippen molar-refractivity contribution in [2.24, 2.45) is 0 Å². The second-order valence-electron chi connectivity index (χ2n) is 8.54. The fourth-order valence-electron chi connectivity index (χ4n) is 3.67. The van der Waals surface area contributed by atoms with Gasteiger partial charge in [0.25, 0.3) is 15.9 Å². The van der Waals surface area contributed by atoms with Crippen LogP contribution in [0.5, 0.6) is 0 Å². The molecule has 3 rings (SSSR count). The number of amides is 1. The molecule has 0 spiro atoms. The van der Waals surface area contributed by atoms with Gasteiger partial charge in [-0.25, -0.2) is 8.42 Å². The van der Waals surface area contributed by atoms with Crippen LogP contribution >= 0.6 is 11.6 Å². The van der Waals surface area contributed by atoms with Gasteiger partial charge in [-0.1, -0.05) is 29.8 Å². The summed E-state index contributed by atoms with van der Waals surface area (Å²) in [5, 5.41) is 3.01. The third-order valence-corrected chi connectivity index (χ3v) is 7.80. The molecule has 7 heteroatoms. The highest BCUT2D eigenvalue weighted by Gasteiger charge is 2.22. The van der Waals surface area contributed by atoms with Gasteiger partial charge in [0, 0.05) is 11.3 Å². The van der Waals surface area contributed by atoms with Gasteiger partial charge < -0.3 is 5.32 Å². The Bertz CT molecular complexity index is 1330. The van der Waals surface area contributed by atoms with E-state index < -0.39 is 10.0 Å². The van der Waals surface area contributed by atoms with E-state index in [1.165, 1.54) is 23.8 Å². The third-order valence-electron chi connectivity index (χ3n) is 5.94. The largest absolute Gasteiger partial charge is 0.346 e. The highest BCUT2D eigenvalue weighted by atomic mass is 35.5. The van der Waals surface area contributed by atoms with Crippen molar-refractivity contribution in [1.82, 2.24) is 5.32 Å². The number of hydrogen-bond donors (Lipinski definition) is 2. The first-order chi connectivity index (χ1) is 15.4. The Morgan fingerprint density at radius 3 is 2.12 bits per heavy atom. The van der Waals surface area contributed by atoms with E-state index >= 15 is 0 Å². The summed E-state index contributed by atoms with van der Waals surface area (Å²) < 4.78 is 28.6. The second kappa shape index (κ2) is 9.57. The van der Waals surface area contributed by atoms with Crippen molar-refractivity contribution < 1.29 is 13.2 Å². The lowest BCUT2D eigenvalue weighted by Crippen LogP contribution is -2.27. The lowest BCUT2D eigenvalue weighted by molar-refractivity contribution is 0.0939. The Balaban J connectivity index is 1.86. The average Bonchev–Trinajstić information content (AvgIpc) is 2.73. The molecule has 0 radical (unpaired) electrons. The molecule has 3 aromatic carbocycles. The predicted octanol–water partition coefficient (Wildman–Crippen LogP) is 6.17. The quantitative estimate of drug-likeness (QED) is 0.439. The second-order valence-corrected chi connectivity index (χ2v) is 10.6. The molecule has 0 saturated heterocycles. The number of aryl methyl sites for hydroxylation is 5. The van der Waals surface area contributed by atoms with Crippen LogP contribution in [-0.2, 0) is 10.0 Å². The summed E-state index contributed by atoms with van der Waals surface area (Å²) in [4.78, 5) is 12.8. The topological polar surface area (TPSA) is 75.3 Å². The molecule has 0 aliphatic heterocycles. The smallest absolute Gasteiger partial charge is 0.263 e. The predicted molar refractivity (Wildman–Crippen MR) is 135 cm³/mol. The number of nitrogens with one attached hydrogen (secondary N) is 2. The Morgan fingerprint density at radius 2 is 1.45 bits per heavy atom. The fraction of sp³-hybridized carbons (Fsp3) is 0.269. The number of carbonyl (C=O) groups is 1. The molecule has 0 aliphatic rings. The minimum atomic E-state index is -3.99. The Morgan fingerprint density at radius 1 is 0.818 bits per heavy atom. The van der Waals surface area contributed by atoms with E-state index in [1.807, 2.05) is 40.7 Å². The molecule has 5 nitrogen and oxygen atoms in total. The first-order valence-corrected chi connectivity index (χ1v) is 12.5. The number of halogens is 1. The lowest BCUT2D eigenvalue weighted by atomic mass is 9.96. The van der Waals surface area contributed by atoms with E-state index in [2.05, 4.69) is 29.1 Å². The maximum Gasteiger partial charge on any atom is 0.263 e. The maximum absolute atomic E-state index is 13.0. The summed E-state index contributed by atoms with van der Waals surface area (Å²) in [7, 11) is -3.99. The summed E-state index contributed by atoms with van der Waals surface area (Å²) >= 11 is 6.21. The van der Waals surface area contributed by atoms with Crippen LogP contribution in [0.2, 0.25) is 5.02 Å². The molecule has 3 aromatic rings. The first-order valence-electron chi connectivity index (χ1n) is 10.7. The molecule has 0 bridgehead atoms. The van der Waals surface area contributed by atoms with Gasteiger partial charge in [-0.15, -0.1) is 0 Å². The van der Waals surface area contributed by atoms with Crippen LogP contribution in [0.1, 0.15) is 56.7 Å². The summed E-state index contributed by atoms with van der Waals surface area (Å²) in [6, 6.07) is 13.5. The molecule has 1 atom stereocenters. The summed E-state index contributed by atoms with van der Waals surface area (Å²) in [5.41, 5.74) is 7.11. The van der Waals surface area contributed by atoms with E-state index in [0.717, 1.165) is 27.8 Å². The van der Waals surface area contributed by atoms with Gasteiger partial charge in [-0.2, -0.15) is 0 Å². The molecule has 0 aromatic heterocycles. The van der Waals surface area contributed by atoms with Crippen molar-refractivity contribution in [2.45, 2.75) is 52.5 Å². The normalized spacial score (nSPS) is 12.3. The van der Waals surface area contributed by atoms with Gasteiger partial charge >= 0.3 is 0 Å². The molecule has 174 valence electrons. The van der Waals surface area contributed by atoms with E-state index in [0.29, 0.717) is 5.69 Å². The van der Waals surface area contributed by atoms with Crippen LogP contribution in [0.4, 0.5) is 5.69 Å². The number of anilines is 1. The zero-order valence-electron chi connectivity index (χ0n) is 19.7. The Hall–Kier alpha value is -2.83. The molecular weight excluding hydrogens is 456 g/mol. The van der Waals surface area contributed by atoms with Crippen LogP contribution in [0.3, 0.4) is 0 Å². The van der Waals surface area contributed by atoms with Crippen LogP contribution in [0.15, 0.2) is 53.4 Å². The highest BCUT2D eigenvalue weighted by Crippen LogP contribution is 2.27. The maximum atomic E-state index is 13.0. The molecule has 2 N–H and O–H groups in total. The number of sulfonamides is 1. The van der Waals surface area contributed by atoms with Crippen molar-refractivity contribution in [1.29, 1.82) is 0 Å². The van der Waals surface area contributed by atoms with Crippen molar-refractivity contribution in [3.05, 3.63) is 92.5 Å². The highest BCUT2D eigenvalue weighted by molar-refractivity contribution is 7.92. The average molecular weight is 485 g/mol. The first kappa shape index (κ1) is 24.8. The minimum Gasteiger partial charge on any atom is -0.346 e. The molecule has 0 heterocycles. The van der Waals surface area contributed by atoms with Gasteiger partial charge in [0.05, 0.1) is 11.1 Å². The van der Waals surface area contributed by atoms with Crippen molar-refractivity contribution in [2.75, 3.05) is 4.72 Å². The molecule has 1 amide bonds. The van der Waals surface area contributed by atoms with Crippen molar-refractivity contribution >= 4 is 33.2 Å². The summed E-state index contributed by atoms with van der Waals surface area (Å²) in [6.07, 6.45) is 0. The minimum absolute atomic E-state index is 0.0425. The third kappa shape index (κ3) is 5.57. The van der Waals surface area contributed by atoms with Crippen LogP contribution in [0.25, 0.3) is 0 Å². The zero-order valence-corrected chi connectivity index (χ0v) is 21.3. The summed E-state index contributed by atoms with van der Waals surface area (Å²) in [5.74, 6) is -0.376. The van der Waals surface area contributed by atoms with Gasteiger partial charge in [-0.05, 0) is 105 Å². The van der Waals surface area contributed by atoms with E-state index in [4.69, 9.17) is 11.6 Å². The van der Waals surface area contributed by atoms with Gasteiger partial charge in [0.15, 0.2) is 0 Å². The standard InChI is InChI=1S/C26H29ClN2O3S/c1-15-7-9-22(12-17(15)3)29-33(31,32)25-14-21(8-10-24(25)27)26(30)28-20(6)23-13-18(4)16(2)11-19(23)5/h7-14,20,29H,1-6H3,(H,28,30)/t20-/m1/s1. The SMILES string of the molecule is Cc1ccc(NS(=O)(=O)c2cc(C(=O)N[C@H](C)c3cc(C)c(C)cc3C)ccc2Cl)cc1C. The number of hydrogen-bond acceptors (Lipinski definition) is 3. The van der Waals surface area contributed by atoms with E-state index in [1.54, 1.807) is 12.1 Å². The van der Waals surface area contributed by atoms with E-state index in [-0.39, 0.29) is 27.4 Å². The molecule has 33 heavy (non-hydrogen) atoms. The van der Waals surface area contributed by atoms with Crippen molar-refractivity contribution in [3.63, 3.8) is 0 Å². The molecule has 0 fully saturated rings. The van der Waals surface area contributed by atoms with Crippen molar-refractivity contribution in [3.8, 4) is 0 Å².